The maximum Gasteiger partial charge on any atom is 0.243 e. The minimum Gasteiger partial charge on any atom is -0.497 e. The van der Waals surface area contributed by atoms with Gasteiger partial charge >= 0.3 is 0 Å². The minimum atomic E-state index is -3.89. The van der Waals surface area contributed by atoms with Gasteiger partial charge in [-0.05, 0) is 61.4 Å². The molecule has 1 fully saturated rings. The first-order chi connectivity index (χ1) is 13.6. The third-order valence-corrected chi connectivity index (χ3v) is 7.83. The average molecular weight is 439 g/mol. The molecule has 0 unspecified atom stereocenters. The molecule has 10 heteroatoms. The number of hydrogen-bond donors (Lipinski definition) is 1. The van der Waals surface area contributed by atoms with Gasteiger partial charge in [-0.1, -0.05) is 0 Å². The summed E-state index contributed by atoms with van der Waals surface area (Å²) in [5.74, 6) is 0.401. The van der Waals surface area contributed by atoms with Crippen molar-refractivity contribution in [2.24, 2.45) is 11.1 Å². The number of hydrogen-bond acceptors (Lipinski definition) is 6. The molecule has 1 aliphatic rings. The van der Waals surface area contributed by atoms with Crippen LogP contribution in [0.1, 0.15) is 23.2 Å². The summed E-state index contributed by atoms with van der Waals surface area (Å²) in [7, 11) is -6.12. The summed E-state index contributed by atoms with van der Waals surface area (Å²) >= 11 is 0. The molecule has 1 aliphatic heterocycles. The number of benzene rings is 2. The van der Waals surface area contributed by atoms with Crippen LogP contribution in [0, 0.1) is 5.92 Å². The number of sulfonamides is 2. The maximum absolute atomic E-state index is 12.8. The van der Waals surface area contributed by atoms with E-state index in [1.54, 1.807) is 31.4 Å². The minimum absolute atomic E-state index is 0.00942. The monoisotopic (exact) mass is 438 g/mol. The number of piperidine rings is 1. The Hall–Kier alpha value is -2.27. The average Bonchev–Trinajstić information content (AvgIpc) is 2.73. The summed E-state index contributed by atoms with van der Waals surface area (Å²) in [5, 5.41) is 5.04. The Morgan fingerprint density at radius 3 is 1.93 bits per heavy atom. The fourth-order valence-corrected chi connectivity index (χ4v) is 5.28. The molecule has 0 atom stereocenters. The number of nitrogens with zero attached hydrogens (tertiary/aromatic N) is 1. The molecule has 1 heterocycles. The molecule has 2 N–H and O–H groups in total. The summed E-state index contributed by atoms with van der Waals surface area (Å²) in [4.78, 5) is 12.5. The maximum atomic E-state index is 12.8. The topological polar surface area (TPSA) is 124 Å². The highest BCUT2D eigenvalue weighted by Crippen LogP contribution is 2.27. The largest absolute Gasteiger partial charge is 0.497 e. The number of methoxy groups -OCH3 is 1. The number of rotatable bonds is 6. The van der Waals surface area contributed by atoms with E-state index in [4.69, 9.17) is 9.88 Å². The molecule has 29 heavy (non-hydrogen) atoms. The van der Waals surface area contributed by atoms with Crippen molar-refractivity contribution in [2.75, 3.05) is 20.2 Å². The predicted octanol–water partition coefficient (Wildman–Crippen LogP) is 1.63. The lowest BCUT2D eigenvalue weighted by atomic mass is 9.89. The Labute approximate surface area is 170 Å². The summed E-state index contributed by atoms with van der Waals surface area (Å²) < 4.78 is 54.7. The first kappa shape index (κ1) is 21.4. The third-order valence-electron chi connectivity index (χ3n) is 4.99. The van der Waals surface area contributed by atoms with E-state index in [0.717, 1.165) is 0 Å². The highest BCUT2D eigenvalue weighted by Gasteiger charge is 2.32. The van der Waals surface area contributed by atoms with Gasteiger partial charge in [0, 0.05) is 24.6 Å². The number of ketones is 1. The van der Waals surface area contributed by atoms with Crippen LogP contribution in [0.4, 0.5) is 0 Å². The molecule has 156 valence electrons. The fourth-order valence-electron chi connectivity index (χ4n) is 3.30. The van der Waals surface area contributed by atoms with Crippen molar-refractivity contribution in [1.82, 2.24) is 4.31 Å². The van der Waals surface area contributed by atoms with E-state index in [9.17, 15) is 21.6 Å². The second kappa shape index (κ2) is 8.23. The lowest BCUT2D eigenvalue weighted by Gasteiger charge is -2.30. The Morgan fingerprint density at radius 2 is 1.45 bits per heavy atom. The van der Waals surface area contributed by atoms with Crippen LogP contribution in [-0.2, 0) is 20.0 Å². The molecule has 0 amide bonds. The summed E-state index contributed by atoms with van der Waals surface area (Å²) in [6.07, 6.45) is 0.832. The van der Waals surface area contributed by atoms with Gasteiger partial charge < -0.3 is 4.74 Å². The van der Waals surface area contributed by atoms with Gasteiger partial charge in [0.2, 0.25) is 20.0 Å². The van der Waals surface area contributed by atoms with Gasteiger partial charge in [-0.25, -0.2) is 22.0 Å². The van der Waals surface area contributed by atoms with E-state index >= 15 is 0 Å². The molecule has 0 saturated carbocycles. The first-order valence-corrected chi connectivity index (χ1v) is 11.9. The summed E-state index contributed by atoms with van der Waals surface area (Å²) in [6.45, 7) is 0.428. The standard InChI is InChI=1S/C19H22N2O6S2/c1-27-16-4-2-14(3-5-16)19(22)15-10-12-21(13-11-15)29(25,26)18-8-6-17(7-9-18)28(20,23)24/h2-9,15H,10-13H2,1H3,(H2,20,23,24). The van der Waals surface area contributed by atoms with E-state index in [-0.39, 0.29) is 34.6 Å². The quantitative estimate of drug-likeness (QED) is 0.684. The van der Waals surface area contributed by atoms with Crippen LogP contribution in [-0.4, -0.2) is 47.1 Å². The van der Waals surface area contributed by atoms with E-state index < -0.39 is 20.0 Å². The zero-order valence-electron chi connectivity index (χ0n) is 15.8. The lowest BCUT2D eigenvalue weighted by molar-refractivity contribution is 0.0875. The molecule has 0 aromatic heterocycles. The molecule has 0 bridgehead atoms. The molecule has 8 nitrogen and oxygen atoms in total. The molecule has 2 aromatic rings. The van der Waals surface area contributed by atoms with Gasteiger partial charge in [-0.15, -0.1) is 0 Å². The van der Waals surface area contributed by atoms with Crippen molar-refractivity contribution in [3.63, 3.8) is 0 Å². The molecule has 3 rings (SSSR count). The van der Waals surface area contributed by atoms with Crippen LogP contribution < -0.4 is 9.88 Å². The molecular formula is C19H22N2O6S2. The molecule has 0 spiro atoms. The SMILES string of the molecule is COc1ccc(C(=O)C2CCN(S(=O)(=O)c3ccc(S(N)(=O)=O)cc3)CC2)cc1. The lowest BCUT2D eigenvalue weighted by Crippen LogP contribution is -2.40. The first-order valence-electron chi connectivity index (χ1n) is 8.94. The van der Waals surface area contributed by atoms with Crippen LogP contribution >= 0.6 is 0 Å². The number of carbonyl (C=O) groups excluding carboxylic acids is 1. The van der Waals surface area contributed by atoms with Crippen LogP contribution in [0.25, 0.3) is 0 Å². The molecule has 0 aliphatic carbocycles. The van der Waals surface area contributed by atoms with Crippen molar-refractivity contribution in [2.45, 2.75) is 22.6 Å². The Bertz CT molecular complexity index is 1090. The van der Waals surface area contributed by atoms with Crippen molar-refractivity contribution < 1.29 is 26.4 Å². The number of ether oxygens (including phenoxy) is 1. The van der Waals surface area contributed by atoms with Crippen molar-refractivity contribution >= 4 is 25.8 Å². The number of Topliss-reactive ketones (excluding diaryl/α,β-unsaturated/α-hetero) is 1. The van der Waals surface area contributed by atoms with Gasteiger partial charge in [0.05, 0.1) is 16.9 Å². The second-order valence-corrected chi connectivity index (χ2v) is 10.3. The van der Waals surface area contributed by atoms with Gasteiger partial charge in [0.1, 0.15) is 5.75 Å². The smallest absolute Gasteiger partial charge is 0.243 e. The van der Waals surface area contributed by atoms with Crippen molar-refractivity contribution in [3.05, 3.63) is 54.1 Å². The van der Waals surface area contributed by atoms with Gasteiger partial charge in [0.15, 0.2) is 5.78 Å². The highest BCUT2D eigenvalue weighted by atomic mass is 32.2. The number of primary sulfonamides is 1. The Morgan fingerprint density at radius 1 is 0.931 bits per heavy atom. The summed E-state index contributed by atoms with van der Waals surface area (Å²) in [5.41, 5.74) is 0.575. The second-order valence-electron chi connectivity index (χ2n) is 6.79. The molecular weight excluding hydrogens is 416 g/mol. The molecule has 1 saturated heterocycles. The normalized spacial score (nSPS) is 16.5. The zero-order valence-corrected chi connectivity index (χ0v) is 17.4. The predicted molar refractivity (Wildman–Crippen MR) is 107 cm³/mol. The van der Waals surface area contributed by atoms with Gasteiger partial charge in [-0.3, -0.25) is 4.79 Å². The Kier molecular flexibility index (Phi) is 6.08. The van der Waals surface area contributed by atoms with Crippen LogP contribution in [0.5, 0.6) is 5.75 Å². The number of carbonyl (C=O) groups is 1. The Balaban J connectivity index is 1.68. The van der Waals surface area contributed by atoms with Gasteiger partial charge in [0.25, 0.3) is 0 Å². The molecule has 2 aromatic carbocycles. The van der Waals surface area contributed by atoms with E-state index in [0.29, 0.717) is 24.2 Å². The fraction of sp³-hybridized carbons (Fsp3) is 0.316. The van der Waals surface area contributed by atoms with E-state index in [1.807, 2.05) is 0 Å². The molecule has 0 radical (unpaired) electrons. The summed E-state index contributed by atoms with van der Waals surface area (Å²) in [6, 6.07) is 11.6. The highest BCUT2D eigenvalue weighted by molar-refractivity contribution is 7.89. The van der Waals surface area contributed by atoms with Crippen molar-refractivity contribution in [3.8, 4) is 5.75 Å². The van der Waals surface area contributed by atoms with Crippen LogP contribution in [0.3, 0.4) is 0 Å². The van der Waals surface area contributed by atoms with E-state index in [1.165, 1.54) is 28.6 Å². The van der Waals surface area contributed by atoms with E-state index in [2.05, 4.69) is 0 Å². The van der Waals surface area contributed by atoms with Crippen LogP contribution in [0.15, 0.2) is 58.3 Å². The zero-order chi connectivity index (χ0) is 21.2. The van der Waals surface area contributed by atoms with Crippen LogP contribution in [0.2, 0.25) is 0 Å². The van der Waals surface area contributed by atoms with Crippen molar-refractivity contribution in [1.29, 1.82) is 0 Å². The number of nitrogens with two attached hydrogens (primary N) is 1. The van der Waals surface area contributed by atoms with Gasteiger partial charge in [-0.2, -0.15) is 4.31 Å². The third kappa shape index (κ3) is 4.67.